The van der Waals surface area contributed by atoms with E-state index in [0.29, 0.717) is 32.3 Å². The third kappa shape index (κ3) is 12.9. The van der Waals surface area contributed by atoms with E-state index in [1.165, 1.54) is 17.7 Å². The molecule has 4 aromatic heterocycles. The highest BCUT2D eigenvalue weighted by molar-refractivity contribution is 7.21. The van der Waals surface area contributed by atoms with Crippen LogP contribution < -0.4 is 20.3 Å². The molecule has 3 N–H and O–H groups in total. The molecule has 0 radical (unpaired) electrons. The molecule has 16 nitrogen and oxygen atoms in total. The Kier molecular flexibility index (Phi) is 16.8. The molecule has 2 aromatic carbocycles. The van der Waals surface area contributed by atoms with Crippen LogP contribution in [0.2, 0.25) is 0 Å². The topological polar surface area (TPSA) is 190 Å². The number of ether oxygens (including phenoxy) is 4. The number of aromatic nitrogens is 4. The summed E-state index contributed by atoms with van der Waals surface area (Å²) in [5.74, 6) is 0.232. The molecular weight excluding hydrogens is 929 g/mol. The first-order valence-corrected chi connectivity index (χ1v) is 25.5. The summed E-state index contributed by atoms with van der Waals surface area (Å²) in [6.45, 7) is 12.9. The summed E-state index contributed by atoms with van der Waals surface area (Å²) >= 11 is 3.23. The summed E-state index contributed by atoms with van der Waals surface area (Å²) < 4.78 is 23.7. The number of likely N-dealkylation sites (tertiary alicyclic amines) is 1. The SMILES string of the molecule is Cc1ncsc1-c1ccc([C@H](C)NC(=O)[C@@H]2C[C@@H](O)CN2C(=O)[C@@H](NC(=O)COCCOCCOCCOc2ccc(-c3ccc4sc(-c5ccc(N6CCCC6)nc5)nc4c3)cn2)C(C)(C)C)cc1. The van der Waals surface area contributed by atoms with E-state index in [9.17, 15) is 19.5 Å². The Morgan fingerprint density at radius 1 is 0.814 bits per heavy atom. The van der Waals surface area contributed by atoms with Gasteiger partial charge in [-0.05, 0) is 79.1 Å². The maximum absolute atomic E-state index is 14.0. The summed E-state index contributed by atoms with van der Waals surface area (Å²) in [4.78, 5) is 63.9. The number of thiazole rings is 2. The van der Waals surface area contributed by atoms with Crippen LogP contribution in [0.3, 0.4) is 0 Å². The fourth-order valence-electron chi connectivity index (χ4n) is 8.54. The largest absolute Gasteiger partial charge is 0.475 e. The number of benzene rings is 2. The van der Waals surface area contributed by atoms with E-state index in [1.54, 1.807) is 28.9 Å². The minimum absolute atomic E-state index is 0.0191. The van der Waals surface area contributed by atoms with Crippen molar-refractivity contribution in [1.82, 2.24) is 35.5 Å². The molecule has 70 heavy (non-hydrogen) atoms. The van der Waals surface area contributed by atoms with Crippen molar-refractivity contribution in [2.75, 3.05) is 70.8 Å². The van der Waals surface area contributed by atoms with Gasteiger partial charge in [0.2, 0.25) is 23.6 Å². The number of rotatable bonds is 21. The molecule has 0 unspecified atom stereocenters. The predicted octanol–water partition coefficient (Wildman–Crippen LogP) is 7.25. The van der Waals surface area contributed by atoms with Crippen LogP contribution >= 0.6 is 22.7 Å². The van der Waals surface area contributed by atoms with Crippen LogP contribution in [0, 0.1) is 12.3 Å². The molecule has 0 saturated carbocycles. The highest BCUT2D eigenvalue weighted by Crippen LogP contribution is 2.34. The van der Waals surface area contributed by atoms with Crippen LogP contribution in [0.4, 0.5) is 5.82 Å². The minimum atomic E-state index is -0.969. The van der Waals surface area contributed by atoms with Crippen LogP contribution in [0.15, 0.2) is 84.6 Å². The molecule has 18 heteroatoms. The fraction of sp³-hybridized carbons (Fsp3) is 0.442. The quantitative estimate of drug-likeness (QED) is 0.0612. The summed E-state index contributed by atoms with van der Waals surface area (Å²) in [5, 5.41) is 17.4. The highest BCUT2D eigenvalue weighted by atomic mass is 32.1. The molecule has 0 aliphatic carbocycles. The Morgan fingerprint density at radius 3 is 2.17 bits per heavy atom. The molecule has 8 rings (SSSR count). The number of fused-ring (bicyclic) bond motifs is 1. The molecule has 0 bridgehead atoms. The first kappa shape index (κ1) is 50.5. The minimum Gasteiger partial charge on any atom is -0.475 e. The van der Waals surface area contributed by atoms with Gasteiger partial charge < -0.3 is 44.5 Å². The third-order valence-electron chi connectivity index (χ3n) is 12.4. The monoisotopic (exact) mass is 990 g/mol. The third-order valence-corrected chi connectivity index (χ3v) is 14.5. The highest BCUT2D eigenvalue weighted by Gasteiger charge is 2.44. The summed E-state index contributed by atoms with van der Waals surface area (Å²) in [5.41, 5.74) is 7.97. The van der Waals surface area contributed by atoms with Gasteiger partial charge in [-0.25, -0.2) is 19.9 Å². The van der Waals surface area contributed by atoms with E-state index in [1.807, 2.05) is 82.7 Å². The Hall–Kier alpha value is -5.89. The predicted molar refractivity (Wildman–Crippen MR) is 272 cm³/mol. The van der Waals surface area contributed by atoms with Crippen LogP contribution in [-0.4, -0.2) is 132 Å². The number of nitrogens with zero attached hydrogens (tertiary/aromatic N) is 6. The van der Waals surface area contributed by atoms with Crippen LogP contribution in [0.25, 0.3) is 42.4 Å². The molecular formula is C52H62N8O8S2. The molecule has 2 saturated heterocycles. The zero-order valence-corrected chi connectivity index (χ0v) is 42.0. The molecule has 0 spiro atoms. The second kappa shape index (κ2) is 23.3. The van der Waals surface area contributed by atoms with Gasteiger partial charge in [-0.1, -0.05) is 51.1 Å². The fourth-order valence-corrected chi connectivity index (χ4v) is 10.3. The van der Waals surface area contributed by atoms with Crippen molar-refractivity contribution in [3.05, 3.63) is 95.9 Å². The normalized spacial score (nSPS) is 16.9. The van der Waals surface area contributed by atoms with Crippen molar-refractivity contribution in [2.45, 2.75) is 78.1 Å². The number of aryl methyl sites for hydroxylation is 1. The number of aliphatic hydroxyl groups is 1. The Morgan fingerprint density at radius 2 is 1.50 bits per heavy atom. The van der Waals surface area contributed by atoms with Crippen molar-refractivity contribution in [1.29, 1.82) is 0 Å². The van der Waals surface area contributed by atoms with Gasteiger partial charge >= 0.3 is 0 Å². The van der Waals surface area contributed by atoms with Gasteiger partial charge in [0.15, 0.2) is 0 Å². The summed E-state index contributed by atoms with van der Waals surface area (Å²) in [7, 11) is 0. The Bertz CT molecular complexity index is 2680. The number of pyridine rings is 2. The maximum atomic E-state index is 14.0. The number of hydrogen-bond acceptors (Lipinski definition) is 15. The van der Waals surface area contributed by atoms with Crippen LogP contribution in [0.5, 0.6) is 5.88 Å². The zero-order valence-electron chi connectivity index (χ0n) is 40.4. The molecule has 4 atom stereocenters. The Labute approximate surface area is 416 Å². The second-order valence-corrected chi connectivity index (χ2v) is 20.6. The van der Waals surface area contributed by atoms with Gasteiger partial charge in [0, 0.05) is 55.6 Å². The number of β-amino-alcohol motifs (C(OH)–C–C–N with tert-alkyl or cyclic N) is 1. The van der Waals surface area contributed by atoms with E-state index in [-0.39, 0.29) is 44.7 Å². The van der Waals surface area contributed by atoms with Crippen molar-refractivity contribution in [3.63, 3.8) is 0 Å². The van der Waals surface area contributed by atoms with Gasteiger partial charge in [0.1, 0.15) is 36.1 Å². The molecule has 2 fully saturated rings. The summed E-state index contributed by atoms with van der Waals surface area (Å²) in [6.07, 6.45) is 5.37. The van der Waals surface area contributed by atoms with E-state index < -0.39 is 35.4 Å². The van der Waals surface area contributed by atoms with E-state index in [2.05, 4.69) is 55.8 Å². The van der Waals surface area contributed by atoms with Gasteiger partial charge in [-0.15, -0.1) is 22.7 Å². The van der Waals surface area contributed by atoms with Crippen molar-refractivity contribution >= 4 is 56.4 Å². The lowest BCUT2D eigenvalue weighted by atomic mass is 9.85. The second-order valence-electron chi connectivity index (χ2n) is 18.7. The smallest absolute Gasteiger partial charge is 0.246 e. The van der Waals surface area contributed by atoms with E-state index in [4.69, 9.17) is 28.9 Å². The van der Waals surface area contributed by atoms with Gasteiger partial charge in [-0.2, -0.15) is 0 Å². The molecule has 6 heterocycles. The van der Waals surface area contributed by atoms with Crippen LogP contribution in [-0.2, 0) is 28.6 Å². The number of carbonyl (C=O) groups excluding carboxylic acids is 3. The number of amides is 3. The molecule has 6 aromatic rings. The lowest BCUT2D eigenvalue weighted by molar-refractivity contribution is -0.144. The maximum Gasteiger partial charge on any atom is 0.246 e. The Balaban J connectivity index is 0.698. The number of carbonyl (C=O) groups is 3. The van der Waals surface area contributed by atoms with Crippen molar-refractivity contribution in [2.24, 2.45) is 5.41 Å². The standard InChI is InChI=1S/C52H62N8O8S2/c1-33(35-8-10-36(11-9-35)47-34(2)55-32-69-47)56-49(63)42-27-40(61)30-60(42)51(64)48(52(3,4)5)58-45(62)31-67-23-22-65-20-21-66-24-25-68-46-17-14-38(28-54-46)37-12-15-43-41(26-37)57-50(70-43)39-13-16-44(53-29-39)59-18-6-7-19-59/h8-17,26,28-29,32-33,40,42,48,61H,6-7,18-25,27,30-31H2,1-5H3,(H,56,63)(H,58,62)/t33-,40+,42-,48+/m0/s1. The van der Waals surface area contributed by atoms with E-state index >= 15 is 0 Å². The van der Waals surface area contributed by atoms with Gasteiger partial charge in [-0.3, -0.25) is 14.4 Å². The molecule has 370 valence electrons. The van der Waals surface area contributed by atoms with Crippen molar-refractivity contribution < 1.29 is 38.4 Å². The number of anilines is 1. The van der Waals surface area contributed by atoms with Crippen LogP contribution in [0.1, 0.15) is 64.3 Å². The van der Waals surface area contributed by atoms with E-state index in [0.717, 1.165) is 72.5 Å². The average molecular weight is 991 g/mol. The first-order valence-electron chi connectivity index (χ1n) is 23.8. The number of nitrogens with one attached hydrogen (secondary N) is 2. The number of aliphatic hydroxyl groups excluding tert-OH is 1. The summed E-state index contributed by atoms with van der Waals surface area (Å²) in [6, 6.07) is 20.0. The molecule has 3 amide bonds. The zero-order chi connectivity index (χ0) is 49.2. The van der Waals surface area contributed by atoms with Gasteiger partial charge in [0.25, 0.3) is 0 Å². The lowest BCUT2D eigenvalue weighted by Gasteiger charge is -2.35. The number of hydrogen-bond donors (Lipinski definition) is 3. The molecule has 2 aliphatic heterocycles. The van der Waals surface area contributed by atoms with Gasteiger partial charge in [0.05, 0.1) is 71.5 Å². The molecule has 2 aliphatic rings. The first-order chi connectivity index (χ1) is 33.8. The lowest BCUT2D eigenvalue weighted by Crippen LogP contribution is -2.58. The average Bonchev–Trinajstić information content (AvgIpc) is 4.20. The van der Waals surface area contributed by atoms with Crippen molar-refractivity contribution in [3.8, 4) is 38.0 Å².